The first kappa shape index (κ1) is 53.2. The molecular weight excluding hydrogens is 847 g/mol. The second kappa shape index (κ2) is 27.9. The van der Waals surface area contributed by atoms with Crippen molar-refractivity contribution in [1.29, 1.82) is 0 Å². The van der Waals surface area contributed by atoms with Crippen molar-refractivity contribution in [2.75, 3.05) is 52.1 Å². The molecule has 3 amide bonds. The Balaban J connectivity index is 1.77. The average molecular weight is 920 g/mol. The predicted octanol–water partition coefficient (Wildman–Crippen LogP) is 8.36. The summed E-state index contributed by atoms with van der Waals surface area (Å²) < 4.78 is 11.2. The molecule has 1 fully saturated rings. The number of phenols is 1. The molecule has 1 saturated heterocycles. The fourth-order valence-electron chi connectivity index (χ4n) is 7.90. The Morgan fingerprint density at radius 1 is 1.03 bits per heavy atom. The second-order valence-corrected chi connectivity index (χ2v) is 20.7. The van der Waals surface area contributed by atoms with E-state index in [1.54, 1.807) is 58.2 Å². The molecule has 1 aromatic carbocycles. The Morgan fingerprint density at radius 3 is 2.40 bits per heavy atom. The van der Waals surface area contributed by atoms with E-state index in [9.17, 15) is 29.1 Å². The van der Waals surface area contributed by atoms with Crippen LogP contribution in [0.15, 0.2) is 29.6 Å². The molecule has 0 aliphatic carbocycles. The molecule has 1 aliphatic heterocycles. The van der Waals surface area contributed by atoms with Crippen LogP contribution in [-0.2, 0) is 30.3 Å². The fourth-order valence-corrected chi connectivity index (χ4v) is 9.79. The SMILES string of the molecule is CCCOCN(C(=O)[C@@H](CC(=O)[C@H]1CCCCN1C)C(C)CC)C(C[C@@H](C)c1nc(C(=O)N[C@@H](Cc2ccc(O)cc2)C[C@H](C)C(=O)CNC(=O)OCCSSC)cs1)C(C)C. The molecular formula is C46H73N5O8S3. The number of nitrogens with zero attached hydrogens (tertiary/aromatic N) is 3. The van der Waals surface area contributed by atoms with Crippen LogP contribution < -0.4 is 10.6 Å². The standard InChI is InChI=1S/C46H73N5O8S3/c1-10-20-58-29-51(45(56)37(31(5)11-2)26-41(53)39-14-12-13-19-50(39)8)40(30(3)4)24-33(7)44-49-38(28-61-44)43(55)48-35(25-34-15-17-36(52)18-16-34)23-32(6)42(54)27-47-46(57)59-21-22-62-60-9/h15-18,28,30-33,35,37,39-40,52H,10-14,19-27,29H2,1-9H3,(H,47,57)(H,48,55)/t31?,32-,33+,35+,37-,39+,40?/m0/s1. The maximum Gasteiger partial charge on any atom is 0.407 e. The van der Waals surface area contributed by atoms with E-state index in [1.165, 1.54) is 11.3 Å². The van der Waals surface area contributed by atoms with Gasteiger partial charge in [-0.05, 0) is 87.9 Å². The number of carbonyl (C=O) groups excluding carboxylic acids is 5. The van der Waals surface area contributed by atoms with E-state index in [2.05, 4.69) is 50.2 Å². The van der Waals surface area contributed by atoms with Crippen molar-refractivity contribution < 1.29 is 38.6 Å². The van der Waals surface area contributed by atoms with Crippen LogP contribution in [-0.4, -0.2) is 120 Å². The second-order valence-electron chi connectivity index (χ2n) is 17.1. The number of rotatable bonds is 28. The van der Waals surface area contributed by atoms with E-state index in [1.807, 2.05) is 25.1 Å². The molecule has 0 bridgehead atoms. The molecule has 0 radical (unpaired) electrons. The Morgan fingerprint density at radius 2 is 1.76 bits per heavy atom. The quantitative estimate of drug-likeness (QED) is 0.0425. The maximum atomic E-state index is 14.7. The number of hydrogen-bond acceptors (Lipinski definition) is 13. The zero-order chi connectivity index (χ0) is 45.8. The van der Waals surface area contributed by atoms with Crippen LogP contribution >= 0.6 is 32.9 Å². The average Bonchev–Trinajstić information content (AvgIpc) is 3.76. The van der Waals surface area contributed by atoms with Crippen LogP contribution in [0.1, 0.15) is 127 Å². The summed E-state index contributed by atoms with van der Waals surface area (Å²) in [5.41, 5.74) is 1.13. The number of ketones is 2. The van der Waals surface area contributed by atoms with Crippen molar-refractivity contribution in [3.05, 3.63) is 45.9 Å². The van der Waals surface area contributed by atoms with Gasteiger partial charge in [-0.3, -0.25) is 24.1 Å². The zero-order valence-electron chi connectivity index (χ0n) is 38.5. The summed E-state index contributed by atoms with van der Waals surface area (Å²) in [7, 11) is 5.16. The number of phenolic OH excluding ortho intramolecular Hbond substituents is 1. The molecule has 0 spiro atoms. The largest absolute Gasteiger partial charge is 0.508 e. The number of Topliss-reactive ketones (excluding diaryl/α,β-unsaturated/α-hetero) is 2. The molecule has 7 atom stereocenters. The number of likely N-dealkylation sites (N-methyl/N-ethyl adjacent to an activating group) is 1. The maximum absolute atomic E-state index is 14.7. The highest BCUT2D eigenvalue weighted by Crippen LogP contribution is 2.33. The zero-order valence-corrected chi connectivity index (χ0v) is 40.9. The Labute approximate surface area is 382 Å². The summed E-state index contributed by atoms with van der Waals surface area (Å²) >= 11 is 1.40. The number of thiazole rings is 1. The van der Waals surface area contributed by atoms with Crippen LogP contribution in [0.2, 0.25) is 0 Å². The van der Waals surface area contributed by atoms with E-state index in [-0.39, 0.29) is 91.0 Å². The molecule has 2 heterocycles. The Bertz CT molecular complexity index is 1690. The van der Waals surface area contributed by atoms with Gasteiger partial charge < -0.3 is 30.1 Å². The van der Waals surface area contributed by atoms with Gasteiger partial charge in [-0.15, -0.1) is 11.3 Å². The first-order valence-corrected chi connectivity index (χ1v) is 25.9. The summed E-state index contributed by atoms with van der Waals surface area (Å²) in [6.07, 6.45) is 7.31. The molecule has 348 valence electrons. The lowest BCUT2D eigenvalue weighted by Crippen LogP contribution is -2.50. The number of hydrogen-bond donors (Lipinski definition) is 3. The molecule has 16 heteroatoms. The van der Waals surface area contributed by atoms with E-state index < -0.39 is 24.0 Å². The predicted molar refractivity (Wildman–Crippen MR) is 252 cm³/mol. The van der Waals surface area contributed by atoms with Gasteiger partial charge in [-0.2, -0.15) is 0 Å². The lowest BCUT2D eigenvalue weighted by Gasteiger charge is -2.39. The molecule has 13 nitrogen and oxygen atoms in total. The number of likely N-dealkylation sites (tertiary alicyclic amines) is 1. The smallest absolute Gasteiger partial charge is 0.407 e. The van der Waals surface area contributed by atoms with E-state index in [0.29, 0.717) is 31.6 Å². The van der Waals surface area contributed by atoms with Gasteiger partial charge in [0, 0.05) is 54.0 Å². The van der Waals surface area contributed by atoms with Crippen molar-refractivity contribution in [2.24, 2.45) is 23.7 Å². The first-order valence-electron chi connectivity index (χ1n) is 22.3. The van der Waals surface area contributed by atoms with Gasteiger partial charge >= 0.3 is 6.09 Å². The molecule has 2 unspecified atom stereocenters. The lowest BCUT2D eigenvalue weighted by atomic mass is 9.82. The number of ether oxygens (including phenoxy) is 2. The fraction of sp³-hybridized carbons (Fsp3) is 0.696. The highest BCUT2D eigenvalue weighted by molar-refractivity contribution is 8.76. The van der Waals surface area contributed by atoms with Crippen LogP contribution in [0.25, 0.3) is 0 Å². The van der Waals surface area contributed by atoms with Gasteiger partial charge in [0.05, 0.1) is 17.6 Å². The van der Waals surface area contributed by atoms with E-state index in [0.717, 1.165) is 49.2 Å². The summed E-state index contributed by atoms with van der Waals surface area (Å²) in [5.74, 6) is -0.683. The molecule has 3 N–H and O–H groups in total. The van der Waals surface area contributed by atoms with Crippen LogP contribution in [0.3, 0.4) is 0 Å². The minimum absolute atomic E-state index is 0.0116. The van der Waals surface area contributed by atoms with Gasteiger partial charge in [0.1, 0.15) is 24.8 Å². The molecule has 62 heavy (non-hydrogen) atoms. The number of alkyl carbamates (subject to hydrolysis) is 1. The molecule has 1 aromatic heterocycles. The molecule has 1 aliphatic rings. The van der Waals surface area contributed by atoms with Crippen molar-refractivity contribution in [1.82, 2.24) is 25.4 Å². The number of aromatic nitrogens is 1. The van der Waals surface area contributed by atoms with Crippen molar-refractivity contribution in [3.63, 3.8) is 0 Å². The Kier molecular flexibility index (Phi) is 23.9. The normalized spacial score (nSPS) is 17.4. The summed E-state index contributed by atoms with van der Waals surface area (Å²) in [5, 5.41) is 18.0. The van der Waals surface area contributed by atoms with Crippen LogP contribution in [0.4, 0.5) is 4.79 Å². The third-order valence-corrected chi connectivity index (χ3v) is 14.7. The highest BCUT2D eigenvalue weighted by atomic mass is 33.1. The number of nitrogens with one attached hydrogen (secondary N) is 2. The third kappa shape index (κ3) is 17.4. The summed E-state index contributed by atoms with van der Waals surface area (Å²) in [6.45, 7) is 15.8. The number of aromatic hydroxyl groups is 1. The van der Waals surface area contributed by atoms with Gasteiger partial charge in [-0.1, -0.05) is 95.0 Å². The van der Waals surface area contributed by atoms with Crippen molar-refractivity contribution >= 4 is 62.4 Å². The van der Waals surface area contributed by atoms with Crippen LogP contribution in [0.5, 0.6) is 5.75 Å². The number of carbonyl (C=O) groups is 5. The van der Waals surface area contributed by atoms with Crippen molar-refractivity contribution in [2.45, 2.75) is 130 Å². The topological polar surface area (TPSA) is 167 Å². The third-order valence-electron chi connectivity index (χ3n) is 11.9. The molecule has 2 aromatic rings. The minimum Gasteiger partial charge on any atom is -0.508 e. The monoisotopic (exact) mass is 919 g/mol. The number of amides is 3. The van der Waals surface area contributed by atoms with Gasteiger partial charge in [0.15, 0.2) is 11.6 Å². The Hall–Kier alpha value is -3.18. The highest BCUT2D eigenvalue weighted by Gasteiger charge is 2.38. The number of benzene rings is 1. The molecule has 3 rings (SSSR count). The number of piperidine rings is 1. The van der Waals surface area contributed by atoms with Crippen LogP contribution in [0, 0.1) is 23.7 Å². The van der Waals surface area contributed by atoms with E-state index in [4.69, 9.17) is 14.5 Å². The van der Waals surface area contributed by atoms with Crippen molar-refractivity contribution in [3.8, 4) is 5.75 Å². The van der Waals surface area contributed by atoms with Gasteiger partial charge in [0.2, 0.25) is 5.91 Å². The summed E-state index contributed by atoms with van der Waals surface area (Å²) in [4.78, 5) is 76.4. The molecule has 0 saturated carbocycles. The minimum atomic E-state index is -0.650. The summed E-state index contributed by atoms with van der Waals surface area (Å²) in [6, 6.07) is 5.90. The lowest BCUT2D eigenvalue weighted by molar-refractivity contribution is -0.150. The first-order chi connectivity index (χ1) is 29.6. The van der Waals surface area contributed by atoms with Gasteiger partial charge in [-0.25, -0.2) is 9.78 Å². The van der Waals surface area contributed by atoms with Gasteiger partial charge in [0.25, 0.3) is 5.91 Å². The van der Waals surface area contributed by atoms with E-state index >= 15 is 0 Å².